The van der Waals surface area contributed by atoms with Crippen molar-refractivity contribution in [3.8, 4) is 23.1 Å². The van der Waals surface area contributed by atoms with E-state index in [2.05, 4.69) is 22.0 Å². The second-order valence-electron chi connectivity index (χ2n) is 4.27. The number of pyridine rings is 1. The maximum absolute atomic E-state index is 11.9. The molecule has 0 fully saturated rings. The number of aromatic nitrogens is 1. The maximum atomic E-state index is 11.9. The third-order valence-electron chi connectivity index (χ3n) is 2.90. The fraction of sp³-hybridized carbons (Fsp3) is 0.200. The van der Waals surface area contributed by atoms with Gasteiger partial charge < -0.3 is 9.30 Å². The second kappa shape index (κ2) is 7.88. The molecule has 0 bridgehead atoms. The largest absolute Gasteiger partial charge is 0.479 e. The molecule has 0 N–H and O–H groups in total. The molecule has 0 aliphatic carbocycles. The van der Waals surface area contributed by atoms with Crippen molar-refractivity contribution >= 4 is 15.9 Å². The zero-order chi connectivity index (χ0) is 14.7. The molecule has 4 nitrogen and oxygen atoms in total. The van der Waals surface area contributed by atoms with E-state index in [9.17, 15) is 4.79 Å². The van der Waals surface area contributed by atoms with Crippen LogP contribution in [0.25, 0.3) is 11.3 Å². The first-order chi connectivity index (χ1) is 9.54. The fourth-order valence-corrected chi connectivity index (χ4v) is 2.40. The van der Waals surface area contributed by atoms with Gasteiger partial charge in [0, 0.05) is 39.8 Å². The summed E-state index contributed by atoms with van der Waals surface area (Å²) in [7, 11) is 1.72. The van der Waals surface area contributed by atoms with Crippen LogP contribution in [0.1, 0.15) is 5.56 Å². The summed E-state index contributed by atoms with van der Waals surface area (Å²) < 4.78 is 7.57. The summed E-state index contributed by atoms with van der Waals surface area (Å²) in [6, 6.07) is 12.1. The average Bonchev–Trinajstić information content (AvgIpc) is 2.44. The molecule has 2 aromatic rings. The predicted octanol–water partition coefficient (Wildman–Crippen LogP) is 2.82. The van der Waals surface area contributed by atoms with Crippen LogP contribution in [-0.4, -0.2) is 11.2 Å². The monoisotopic (exact) mass is 420 g/mol. The van der Waals surface area contributed by atoms with Gasteiger partial charge in [-0.1, -0.05) is 39.7 Å². The number of hydrogen-bond donors (Lipinski definition) is 0. The van der Waals surface area contributed by atoms with Crippen LogP contribution < -0.4 is 10.3 Å². The SMILES string of the molecule is Cc1c[c-]c(-c2ccc(OCC#N)cc2Br)n(C)c1=O.[Y]. The number of aryl methyl sites for hydroxylation is 1. The van der Waals surface area contributed by atoms with Gasteiger partial charge in [-0.05, 0) is 16.6 Å². The van der Waals surface area contributed by atoms with E-state index >= 15 is 0 Å². The van der Waals surface area contributed by atoms with Crippen LogP contribution in [0.3, 0.4) is 0 Å². The van der Waals surface area contributed by atoms with Crippen LogP contribution in [-0.2, 0) is 39.8 Å². The van der Waals surface area contributed by atoms with Crippen molar-refractivity contribution in [3.05, 3.63) is 50.7 Å². The number of hydrogen-bond acceptors (Lipinski definition) is 3. The Morgan fingerprint density at radius 1 is 1.48 bits per heavy atom. The van der Waals surface area contributed by atoms with Gasteiger partial charge in [-0.15, -0.1) is 6.07 Å². The smallest absolute Gasteiger partial charge is 0.197 e. The van der Waals surface area contributed by atoms with Crippen molar-refractivity contribution in [3.63, 3.8) is 0 Å². The second-order valence-corrected chi connectivity index (χ2v) is 5.13. The number of nitrogens with zero attached hydrogens (tertiary/aromatic N) is 2. The van der Waals surface area contributed by atoms with Crippen LogP contribution >= 0.6 is 15.9 Å². The summed E-state index contributed by atoms with van der Waals surface area (Å²) in [6.45, 7) is 1.76. The Kier molecular flexibility index (Phi) is 6.79. The van der Waals surface area contributed by atoms with Crippen molar-refractivity contribution in [1.82, 2.24) is 4.57 Å². The number of ether oxygens (including phenoxy) is 1. The van der Waals surface area contributed by atoms with Crippen LogP contribution in [0.15, 0.2) is 33.5 Å². The molecule has 0 saturated heterocycles. The molecule has 1 heterocycles. The Morgan fingerprint density at radius 2 is 2.19 bits per heavy atom. The molecule has 0 aliphatic rings. The first-order valence-corrected chi connectivity index (χ1v) is 6.72. The predicted molar refractivity (Wildman–Crippen MR) is 79.5 cm³/mol. The van der Waals surface area contributed by atoms with Gasteiger partial charge in [-0.3, -0.25) is 4.79 Å². The number of nitriles is 1. The molecule has 0 saturated carbocycles. The molecule has 1 radical (unpaired) electrons. The van der Waals surface area contributed by atoms with E-state index in [4.69, 9.17) is 10.00 Å². The van der Waals surface area contributed by atoms with Gasteiger partial charge >= 0.3 is 0 Å². The fourth-order valence-electron chi connectivity index (χ4n) is 1.85. The molecule has 0 spiro atoms. The molecule has 105 valence electrons. The Labute approximate surface area is 156 Å². The van der Waals surface area contributed by atoms with Gasteiger partial charge in [-0.25, -0.2) is 0 Å². The van der Waals surface area contributed by atoms with E-state index in [0.717, 1.165) is 10.0 Å². The minimum absolute atomic E-state index is 0. The number of benzene rings is 1. The van der Waals surface area contributed by atoms with Crippen molar-refractivity contribution in [1.29, 1.82) is 5.26 Å². The zero-order valence-corrected chi connectivity index (χ0v) is 16.1. The Morgan fingerprint density at radius 3 is 2.81 bits per heavy atom. The van der Waals surface area contributed by atoms with Gasteiger partial charge in [0.05, 0.1) is 0 Å². The molecule has 0 atom stereocenters. The van der Waals surface area contributed by atoms with Crippen LogP contribution in [0.5, 0.6) is 5.75 Å². The summed E-state index contributed by atoms with van der Waals surface area (Å²) in [5.74, 6) is 0.597. The molecule has 21 heavy (non-hydrogen) atoms. The third-order valence-corrected chi connectivity index (χ3v) is 3.56. The van der Waals surface area contributed by atoms with E-state index in [-0.39, 0.29) is 44.9 Å². The number of rotatable bonds is 3. The van der Waals surface area contributed by atoms with Crippen molar-refractivity contribution in [2.45, 2.75) is 6.92 Å². The van der Waals surface area contributed by atoms with Gasteiger partial charge in [0.15, 0.2) is 12.2 Å². The van der Waals surface area contributed by atoms with Crippen molar-refractivity contribution in [2.24, 2.45) is 7.05 Å². The molecular weight excluding hydrogens is 409 g/mol. The topological polar surface area (TPSA) is 55.0 Å². The number of halogens is 1. The summed E-state index contributed by atoms with van der Waals surface area (Å²) >= 11 is 3.45. The van der Waals surface area contributed by atoms with E-state index in [0.29, 0.717) is 17.0 Å². The first-order valence-electron chi connectivity index (χ1n) is 5.92. The Balaban J connectivity index is 0.00000220. The molecule has 2 rings (SSSR count). The molecular formula is C15H12BrN2O2Y-. The van der Waals surface area contributed by atoms with Crippen molar-refractivity contribution < 1.29 is 37.4 Å². The van der Waals surface area contributed by atoms with E-state index < -0.39 is 0 Å². The quantitative estimate of drug-likeness (QED) is 0.717. The van der Waals surface area contributed by atoms with E-state index in [1.54, 1.807) is 36.7 Å². The van der Waals surface area contributed by atoms with Crippen molar-refractivity contribution in [2.75, 3.05) is 6.61 Å². The molecule has 1 aromatic heterocycles. The van der Waals surface area contributed by atoms with Gasteiger partial charge in [-0.2, -0.15) is 17.4 Å². The summed E-state index contributed by atoms with van der Waals surface area (Å²) in [5, 5.41) is 8.49. The minimum atomic E-state index is -0.0459. The van der Waals surface area contributed by atoms with E-state index in [1.807, 2.05) is 12.1 Å². The van der Waals surface area contributed by atoms with Gasteiger partial charge in [0.1, 0.15) is 11.8 Å². The minimum Gasteiger partial charge on any atom is -0.479 e. The molecule has 0 unspecified atom stereocenters. The standard InChI is InChI=1S/C15H12BrN2O2.Y/c1-10-3-6-14(18(2)15(10)19)12-5-4-11(9-13(12)16)20-8-7-17;/h3-5,9H,8H2,1-2H3;/q-1;. The average molecular weight is 421 g/mol. The normalized spacial score (nSPS) is 9.62. The first kappa shape index (κ1) is 18.1. The van der Waals surface area contributed by atoms with Crippen LogP contribution in [0, 0.1) is 24.3 Å². The Hall–Kier alpha value is -0.956. The summed E-state index contributed by atoms with van der Waals surface area (Å²) in [5.41, 5.74) is 2.14. The van der Waals surface area contributed by atoms with Crippen LogP contribution in [0.4, 0.5) is 0 Å². The van der Waals surface area contributed by atoms with Gasteiger partial charge in [0.25, 0.3) is 0 Å². The Bertz CT molecular complexity index is 750. The third kappa shape index (κ3) is 4.03. The molecule has 6 heteroatoms. The molecule has 1 aromatic carbocycles. The van der Waals surface area contributed by atoms with Crippen LogP contribution in [0.2, 0.25) is 0 Å². The van der Waals surface area contributed by atoms with Gasteiger partial charge in [0.2, 0.25) is 0 Å². The molecule has 0 aliphatic heterocycles. The molecule has 0 amide bonds. The summed E-state index contributed by atoms with van der Waals surface area (Å²) in [4.78, 5) is 11.9. The van der Waals surface area contributed by atoms with E-state index in [1.165, 1.54) is 0 Å². The maximum Gasteiger partial charge on any atom is 0.197 e. The zero-order valence-electron chi connectivity index (χ0n) is 11.7. The summed E-state index contributed by atoms with van der Waals surface area (Å²) in [6.07, 6.45) is 0.